The monoisotopic (exact) mass is 358 g/mol. The van der Waals surface area contributed by atoms with E-state index < -0.39 is 30.0 Å². The molecule has 0 spiro atoms. The molecular formula is C17H34N4O4. The maximum Gasteiger partial charge on any atom is 0.245 e. The van der Waals surface area contributed by atoms with Crippen LogP contribution in [-0.4, -0.2) is 54.0 Å². The number of rotatable bonds is 13. The Balaban J connectivity index is 4.78. The van der Waals surface area contributed by atoms with Crippen molar-refractivity contribution in [3.05, 3.63) is 0 Å². The minimum absolute atomic E-state index is 0.0512. The van der Waals surface area contributed by atoms with E-state index >= 15 is 0 Å². The molecule has 8 nitrogen and oxygen atoms in total. The van der Waals surface area contributed by atoms with Crippen LogP contribution in [-0.2, 0) is 14.4 Å². The molecule has 2 amide bonds. The van der Waals surface area contributed by atoms with Crippen LogP contribution in [0.1, 0.15) is 52.9 Å². The van der Waals surface area contributed by atoms with Gasteiger partial charge in [-0.2, -0.15) is 0 Å². The van der Waals surface area contributed by atoms with Gasteiger partial charge in [-0.1, -0.05) is 32.6 Å². The molecule has 0 aliphatic carbocycles. The molecule has 0 bridgehead atoms. The van der Waals surface area contributed by atoms with Gasteiger partial charge in [0.05, 0.1) is 18.1 Å². The highest BCUT2D eigenvalue weighted by Gasteiger charge is 2.30. The molecule has 0 radical (unpaired) electrons. The van der Waals surface area contributed by atoms with Gasteiger partial charge in [-0.25, -0.2) is 0 Å². The number of amides is 2. The molecule has 25 heavy (non-hydrogen) atoms. The maximum atomic E-state index is 12.4. The Morgan fingerprint density at radius 1 is 1.00 bits per heavy atom. The summed E-state index contributed by atoms with van der Waals surface area (Å²) in [6.45, 7) is 4.94. The van der Waals surface area contributed by atoms with Crippen molar-refractivity contribution >= 4 is 17.6 Å². The fourth-order valence-electron chi connectivity index (χ4n) is 2.44. The number of hydrogen-bond donors (Lipinski definition) is 5. The summed E-state index contributed by atoms with van der Waals surface area (Å²) < 4.78 is 0. The van der Waals surface area contributed by atoms with E-state index in [1.807, 2.05) is 0 Å². The lowest BCUT2D eigenvalue weighted by molar-refractivity contribution is -0.134. The van der Waals surface area contributed by atoms with Crippen molar-refractivity contribution in [2.45, 2.75) is 71.1 Å². The van der Waals surface area contributed by atoms with Crippen molar-refractivity contribution in [1.82, 2.24) is 10.6 Å². The lowest BCUT2D eigenvalue weighted by atomic mass is 9.99. The highest BCUT2D eigenvalue weighted by Crippen LogP contribution is 2.11. The lowest BCUT2D eigenvalue weighted by Crippen LogP contribution is -2.57. The van der Waals surface area contributed by atoms with E-state index in [2.05, 4.69) is 17.6 Å². The zero-order valence-corrected chi connectivity index (χ0v) is 15.6. The summed E-state index contributed by atoms with van der Waals surface area (Å²) >= 11 is 0. The van der Waals surface area contributed by atoms with Crippen LogP contribution < -0.4 is 22.1 Å². The molecule has 1 unspecified atom stereocenters. The van der Waals surface area contributed by atoms with Gasteiger partial charge in [0, 0.05) is 13.1 Å². The summed E-state index contributed by atoms with van der Waals surface area (Å²) in [5.74, 6) is -1.71. The quantitative estimate of drug-likeness (QED) is 0.279. The zero-order valence-electron chi connectivity index (χ0n) is 15.6. The molecule has 0 aliphatic heterocycles. The Hall–Kier alpha value is -1.51. The molecule has 146 valence electrons. The van der Waals surface area contributed by atoms with Gasteiger partial charge in [0.15, 0.2) is 5.78 Å². The van der Waals surface area contributed by atoms with E-state index in [-0.39, 0.29) is 24.8 Å². The normalized spacial score (nSPS) is 15.8. The van der Waals surface area contributed by atoms with Gasteiger partial charge in [-0.15, -0.1) is 0 Å². The number of hydrogen-bond acceptors (Lipinski definition) is 6. The molecule has 0 aromatic carbocycles. The second-order valence-electron chi connectivity index (χ2n) is 6.42. The minimum Gasteiger partial charge on any atom is -0.391 e. The van der Waals surface area contributed by atoms with Crippen LogP contribution in [0.4, 0.5) is 0 Å². The molecule has 0 aromatic heterocycles. The Labute approximate surface area is 150 Å². The van der Waals surface area contributed by atoms with Crippen LogP contribution in [0.3, 0.4) is 0 Å². The Kier molecular flexibility index (Phi) is 12.0. The number of nitrogens with one attached hydrogen (secondary N) is 2. The molecule has 0 fully saturated rings. The number of aliphatic hydroxyl groups excluding tert-OH is 1. The molecule has 0 rings (SSSR count). The Morgan fingerprint density at radius 2 is 1.64 bits per heavy atom. The third kappa shape index (κ3) is 8.94. The summed E-state index contributed by atoms with van der Waals surface area (Å²) in [6.07, 6.45) is 3.62. The van der Waals surface area contributed by atoms with Crippen molar-refractivity contribution in [3.63, 3.8) is 0 Å². The van der Waals surface area contributed by atoms with Crippen molar-refractivity contribution in [2.24, 2.45) is 17.4 Å². The molecule has 0 saturated heterocycles. The fourth-order valence-corrected chi connectivity index (χ4v) is 2.44. The third-order valence-corrected chi connectivity index (χ3v) is 4.17. The van der Waals surface area contributed by atoms with Crippen LogP contribution in [0.15, 0.2) is 0 Å². The number of carbonyl (C=O) groups excluding carboxylic acids is 3. The van der Waals surface area contributed by atoms with Gasteiger partial charge in [-0.05, 0) is 20.3 Å². The largest absolute Gasteiger partial charge is 0.391 e. The van der Waals surface area contributed by atoms with Crippen molar-refractivity contribution in [2.75, 3.05) is 13.1 Å². The van der Waals surface area contributed by atoms with Gasteiger partial charge in [0.2, 0.25) is 11.8 Å². The van der Waals surface area contributed by atoms with E-state index in [4.69, 9.17) is 11.5 Å². The summed E-state index contributed by atoms with van der Waals surface area (Å²) in [4.78, 5) is 36.0. The molecule has 8 heteroatoms. The average Bonchev–Trinajstić information content (AvgIpc) is 2.56. The first-order chi connectivity index (χ1) is 11.8. The predicted molar refractivity (Wildman–Crippen MR) is 96.6 cm³/mol. The molecule has 0 saturated carbocycles. The maximum absolute atomic E-state index is 12.4. The zero-order chi connectivity index (χ0) is 19.4. The number of nitrogens with two attached hydrogens (primary N) is 2. The van der Waals surface area contributed by atoms with E-state index in [0.29, 0.717) is 6.42 Å². The number of ketones is 1. The Morgan fingerprint density at radius 3 is 2.08 bits per heavy atom. The highest BCUT2D eigenvalue weighted by molar-refractivity contribution is 5.92. The van der Waals surface area contributed by atoms with E-state index in [1.54, 1.807) is 0 Å². The SMILES string of the molecule is CCCCCCC(CN)C(=O)N[C@H](C(=O)N[C@@H](CN)C(C)=O)[C@H](C)O. The summed E-state index contributed by atoms with van der Waals surface area (Å²) in [5, 5.41) is 14.8. The molecular weight excluding hydrogens is 324 g/mol. The van der Waals surface area contributed by atoms with Gasteiger partial charge < -0.3 is 27.2 Å². The summed E-state index contributed by atoms with van der Waals surface area (Å²) in [6, 6.07) is -2.00. The smallest absolute Gasteiger partial charge is 0.245 e. The molecule has 0 aromatic rings. The van der Waals surface area contributed by atoms with Gasteiger partial charge >= 0.3 is 0 Å². The topological polar surface area (TPSA) is 148 Å². The number of unbranched alkanes of at least 4 members (excludes halogenated alkanes) is 3. The van der Waals surface area contributed by atoms with Crippen LogP contribution in [0.2, 0.25) is 0 Å². The number of aliphatic hydroxyl groups is 1. The number of Topliss-reactive ketones (excluding diaryl/α,β-unsaturated/α-hetero) is 1. The van der Waals surface area contributed by atoms with Crippen molar-refractivity contribution < 1.29 is 19.5 Å². The molecule has 0 heterocycles. The first kappa shape index (κ1) is 23.5. The average molecular weight is 358 g/mol. The van der Waals surface area contributed by atoms with Gasteiger partial charge in [-0.3, -0.25) is 14.4 Å². The second-order valence-corrected chi connectivity index (χ2v) is 6.42. The standard InChI is InChI=1S/C17H34N4O4/c1-4-5-6-7-8-13(9-18)16(24)21-15(12(3)23)17(25)20-14(10-19)11(2)22/h12-15,23H,4-10,18-19H2,1-3H3,(H,20,25)(H,21,24)/t12-,13?,14-,15-/m0/s1. The number of carbonyl (C=O) groups is 3. The van der Waals surface area contributed by atoms with Crippen molar-refractivity contribution in [3.8, 4) is 0 Å². The van der Waals surface area contributed by atoms with Crippen LogP contribution in [0, 0.1) is 5.92 Å². The van der Waals surface area contributed by atoms with Gasteiger partial charge in [0.1, 0.15) is 6.04 Å². The predicted octanol–water partition coefficient (Wildman–Crippen LogP) is -0.570. The minimum atomic E-state index is -1.16. The Bertz CT molecular complexity index is 429. The van der Waals surface area contributed by atoms with E-state index in [0.717, 1.165) is 25.7 Å². The lowest BCUT2D eigenvalue weighted by Gasteiger charge is -2.25. The first-order valence-electron chi connectivity index (χ1n) is 8.97. The molecule has 0 aliphatic rings. The third-order valence-electron chi connectivity index (χ3n) is 4.17. The summed E-state index contributed by atoms with van der Waals surface area (Å²) in [5.41, 5.74) is 11.1. The highest BCUT2D eigenvalue weighted by atomic mass is 16.3. The fraction of sp³-hybridized carbons (Fsp3) is 0.824. The van der Waals surface area contributed by atoms with E-state index in [9.17, 15) is 19.5 Å². The van der Waals surface area contributed by atoms with Crippen LogP contribution in [0.25, 0.3) is 0 Å². The molecule has 7 N–H and O–H groups in total. The molecule has 4 atom stereocenters. The second kappa shape index (κ2) is 12.8. The summed E-state index contributed by atoms with van der Waals surface area (Å²) in [7, 11) is 0. The van der Waals surface area contributed by atoms with Crippen LogP contribution in [0.5, 0.6) is 0 Å². The van der Waals surface area contributed by atoms with E-state index in [1.165, 1.54) is 13.8 Å². The van der Waals surface area contributed by atoms with Crippen molar-refractivity contribution in [1.29, 1.82) is 0 Å². The van der Waals surface area contributed by atoms with Gasteiger partial charge in [0.25, 0.3) is 0 Å². The first-order valence-corrected chi connectivity index (χ1v) is 8.97. The van der Waals surface area contributed by atoms with Crippen LogP contribution >= 0.6 is 0 Å².